The van der Waals surface area contributed by atoms with E-state index in [0.29, 0.717) is 28.6 Å². The van der Waals surface area contributed by atoms with Crippen LogP contribution in [0.3, 0.4) is 0 Å². The smallest absolute Gasteiger partial charge is 0.253 e. The Bertz CT molecular complexity index is 841. The first-order valence-corrected chi connectivity index (χ1v) is 9.69. The number of benzene rings is 1. The summed E-state index contributed by atoms with van der Waals surface area (Å²) in [6.45, 7) is 0. The summed E-state index contributed by atoms with van der Waals surface area (Å²) >= 11 is 1.94. The van der Waals surface area contributed by atoms with Crippen molar-refractivity contribution in [2.45, 2.75) is 18.9 Å². The van der Waals surface area contributed by atoms with E-state index in [1.807, 2.05) is 48.0 Å². The molecule has 1 fully saturated rings. The molecule has 1 aliphatic heterocycles. The molecule has 134 valence electrons. The van der Waals surface area contributed by atoms with Crippen molar-refractivity contribution in [1.29, 1.82) is 5.26 Å². The van der Waals surface area contributed by atoms with Crippen LogP contribution in [-0.4, -0.2) is 47.5 Å². The fourth-order valence-corrected chi connectivity index (χ4v) is 4.29. The molecule has 2 aromatic rings. The van der Waals surface area contributed by atoms with Crippen LogP contribution in [0.25, 0.3) is 11.1 Å². The van der Waals surface area contributed by atoms with Crippen LogP contribution in [0.4, 0.5) is 0 Å². The lowest BCUT2D eigenvalue weighted by Crippen LogP contribution is -2.39. The van der Waals surface area contributed by atoms with Gasteiger partial charge in [-0.05, 0) is 48.1 Å². The third-order valence-corrected chi connectivity index (χ3v) is 5.75. The van der Waals surface area contributed by atoms with E-state index in [4.69, 9.17) is 4.74 Å². The Morgan fingerprint density at radius 1 is 1.35 bits per heavy atom. The van der Waals surface area contributed by atoms with Crippen molar-refractivity contribution in [3.05, 3.63) is 47.7 Å². The maximum Gasteiger partial charge on any atom is 0.253 e. The van der Waals surface area contributed by atoms with Gasteiger partial charge in [0.05, 0.1) is 7.11 Å². The van der Waals surface area contributed by atoms with E-state index in [-0.39, 0.29) is 5.91 Å². The van der Waals surface area contributed by atoms with Crippen molar-refractivity contribution in [3.8, 4) is 23.1 Å². The number of nitriles is 1. The van der Waals surface area contributed by atoms with E-state index in [1.165, 1.54) is 7.11 Å². The zero-order chi connectivity index (χ0) is 18.5. The number of rotatable bonds is 4. The molecular formula is C20H21N3O2S. The van der Waals surface area contributed by atoms with Crippen molar-refractivity contribution in [3.63, 3.8) is 0 Å². The molecule has 2 heterocycles. The summed E-state index contributed by atoms with van der Waals surface area (Å²) in [5.74, 6) is 2.51. The number of amides is 1. The van der Waals surface area contributed by atoms with Crippen LogP contribution in [0, 0.1) is 11.3 Å². The molecule has 3 rings (SSSR count). The molecule has 26 heavy (non-hydrogen) atoms. The highest BCUT2D eigenvalue weighted by Crippen LogP contribution is 2.29. The first-order chi connectivity index (χ1) is 12.7. The first-order valence-electron chi connectivity index (χ1n) is 8.54. The second-order valence-corrected chi connectivity index (χ2v) is 7.42. The Labute approximate surface area is 158 Å². The third kappa shape index (κ3) is 3.68. The van der Waals surface area contributed by atoms with Crippen LogP contribution in [0.15, 0.2) is 36.5 Å². The van der Waals surface area contributed by atoms with Crippen LogP contribution < -0.4 is 4.74 Å². The standard InChI is InChI=1S/C20H21N3O2S/c1-23(16-7-10-26-11-8-16)20(24)15-5-3-4-14(12-15)17-6-9-22-19(25-2)18(17)13-21/h3-6,9,12,16H,7-8,10-11H2,1-2H3. The average molecular weight is 367 g/mol. The van der Waals surface area contributed by atoms with Gasteiger partial charge in [0.2, 0.25) is 5.88 Å². The highest BCUT2D eigenvalue weighted by molar-refractivity contribution is 7.99. The molecule has 0 atom stereocenters. The van der Waals surface area contributed by atoms with Gasteiger partial charge in [0.15, 0.2) is 0 Å². The summed E-state index contributed by atoms with van der Waals surface area (Å²) in [5.41, 5.74) is 2.52. The van der Waals surface area contributed by atoms with Gasteiger partial charge in [-0.3, -0.25) is 4.79 Å². The zero-order valence-electron chi connectivity index (χ0n) is 14.9. The van der Waals surface area contributed by atoms with Crippen molar-refractivity contribution in [1.82, 2.24) is 9.88 Å². The predicted octanol–water partition coefficient (Wildman–Crippen LogP) is 3.60. The van der Waals surface area contributed by atoms with E-state index in [0.717, 1.165) is 29.9 Å². The molecule has 5 nitrogen and oxygen atoms in total. The number of carbonyl (C=O) groups is 1. The van der Waals surface area contributed by atoms with Gasteiger partial charge in [-0.1, -0.05) is 12.1 Å². The number of hydrogen-bond acceptors (Lipinski definition) is 5. The number of pyridine rings is 1. The molecule has 0 aliphatic carbocycles. The molecule has 1 saturated heterocycles. The van der Waals surface area contributed by atoms with E-state index in [9.17, 15) is 10.1 Å². The van der Waals surface area contributed by atoms with E-state index >= 15 is 0 Å². The molecular weight excluding hydrogens is 346 g/mol. The normalized spacial score (nSPS) is 14.5. The molecule has 1 aromatic carbocycles. The molecule has 0 radical (unpaired) electrons. The predicted molar refractivity (Wildman–Crippen MR) is 103 cm³/mol. The fourth-order valence-electron chi connectivity index (χ4n) is 3.21. The summed E-state index contributed by atoms with van der Waals surface area (Å²) in [6.07, 6.45) is 3.68. The van der Waals surface area contributed by atoms with Gasteiger partial charge >= 0.3 is 0 Å². The zero-order valence-corrected chi connectivity index (χ0v) is 15.8. The third-order valence-electron chi connectivity index (χ3n) is 4.70. The van der Waals surface area contributed by atoms with Crippen LogP contribution in [0.1, 0.15) is 28.8 Å². The number of carbonyl (C=O) groups excluding carboxylic acids is 1. The van der Waals surface area contributed by atoms with Gasteiger partial charge in [-0.25, -0.2) is 4.98 Å². The van der Waals surface area contributed by atoms with Gasteiger partial charge in [0.1, 0.15) is 11.6 Å². The lowest BCUT2D eigenvalue weighted by Gasteiger charge is -2.31. The topological polar surface area (TPSA) is 66.2 Å². The Balaban J connectivity index is 1.92. The Hall–Kier alpha value is -2.52. The first kappa shape index (κ1) is 18.3. The molecule has 1 aliphatic rings. The minimum absolute atomic E-state index is 0.0169. The van der Waals surface area contributed by atoms with Crippen LogP contribution in [0.5, 0.6) is 5.88 Å². The number of ether oxygens (including phenoxy) is 1. The molecule has 1 aromatic heterocycles. The van der Waals surface area contributed by atoms with Crippen molar-refractivity contribution in [2.75, 3.05) is 25.7 Å². The monoisotopic (exact) mass is 367 g/mol. The Morgan fingerprint density at radius 2 is 2.12 bits per heavy atom. The molecule has 0 unspecified atom stereocenters. The van der Waals surface area contributed by atoms with Crippen molar-refractivity contribution in [2.24, 2.45) is 0 Å². The molecule has 1 amide bonds. The largest absolute Gasteiger partial charge is 0.480 e. The lowest BCUT2D eigenvalue weighted by molar-refractivity contribution is 0.0723. The maximum absolute atomic E-state index is 12.9. The van der Waals surface area contributed by atoms with Gasteiger partial charge < -0.3 is 9.64 Å². The number of nitrogens with zero attached hydrogens (tertiary/aromatic N) is 3. The van der Waals surface area contributed by atoms with Gasteiger partial charge in [0.25, 0.3) is 5.91 Å². The maximum atomic E-state index is 12.9. The quantitative estimate of drug-likeness (QED) is 0.826. The highest BCUT2D eigenvalue weighted by Gasteiger charge is 2.23. The molecule has 6 heteroatoms. The minimum atomic E-state index is 0.0169. The van der Waals surface area contributed by atoms with Gasteiger partial charge in [0, 0.05) is 30.4 Å². The van der Waals surface area contributed by atoms with E-state index < -0.39 is 0 Å². The number of hydrogen-bond donors (Lipinski definition) is 0. The highest BCUT2D eigenvalue weighted by atomic mass is 32.2. The van der Waals surface area contributed by atoms with E-state index in [2.05, 4.69) is 11.1 Å². The summed E-state index contributed by atoms with van der Waals surface area (Å²) in [7, 11) is 3.37. The number of thioether (sulfide) groups is 1. The SMILES string of the molecule is COc1nccc(-c2cccc(C(=O)N(C)C3CCSCC3)c2)c1C#N. The average Bonchev–Trinajstić information content (AvgIpc) is 2.72. The molecule has 0 spiro atoms. The molecule has 0 bridgehead atoms. The molecule has 0 N–H and O–H groups in total. The van der Waals surface area contributed by atoms with Crippen molar-refractivity contribution < 1.29 is 9.53 Å². The second kappa shape index (κ2) is 8.24. The van der Waals surface area contributed by atoms with Gasteiger partial charge in [-0.15, -0.1) is 0 Å². The Morgan fingerprint density at radius 3 is 2.81 bits per heavy atom. The second-order valence-electron chi connectivity index (χ2n) is 6.20. The van der Waals surface area contributed by atoms with Gasteiger partial charge in [-0.2, -0.15) is 17.0 Å². The minimum Gasteiger partial charge on any atom is -0.480 e. The Kier molecular flexibility index (Phi) is 5.79. The summed E-state index contributed by atoms with van der Waals surface area (Å²) in [5, 5.41) is 9.48. The van der Waals surface area contributed by atoms with Crippen molar-refractivity contribution >= 4 is 17.7 Å². The van der Waals surface area contributed by atoms with Crippen LogP contribution in [0.2, 0.25) is 0 Å². The number of methoxy groups -OCH3 is 1. The summed E-state index contributed by atoms with van der Waals surface area (Å²) < 4.78 is 5.18. The number of aromatic nitrogens is 1. The van der Waals surface area contributed by atoms with Crippen LogP contribution >= 0.6 is 11.8 Å². The summed E-state index contributed by atoms with van der Waals surface area (Å²) in [4.78, 5) is 18.9. The fraction of sp³-hybridized carbons (Fsp3) is 0.350. The van der Waals surface area contributed by atoms with E-state index in [1.54, 1.807) is 12.3 Å². The lowest BCUT2D eigenvalue weighted by atomic mass is 9.99. The van der Waals surface area contributed by atoms with Crippen LogP contribution in [-0.2, 0) is 0 Å². The summed E-state index contributed by atoms with van der Waals surface area (Å²) in [6, 6.07) is 11.6. The molecule has 0 saturated carbocycles.